The average Bonchev–Trinajstić information content (AvgIpc) is 3.72. The topological polar surface area (TPSA) is 30.2 Å². The van der Waals surface area contributed by atoms with Crippen LogP contribution in [-0.4, -0.2) is 14.4 Å². The summed E-state index contributed by atoms with van der Waals surface area (Å²) in [5.41, 5.74) is 15.5. The summed E-state index contributed by atoms with van der Waals surface area (Å²) in [6.45, 7) is 0. The summed E-state index contributed by atoms with van der Waals surface area (Å²) in [6.07, 6.45) is 7.59. The van der Waals surface area contributed by atoms with Crippen LogP contribution in [0.3, 0.4) is 0 Å². The molecule has 0 saturated heterocycles. The number of fused-ring (bicyclic) bond motifs is 5. The van der Waals surface area contributed by atoms with Gasteiger partial charge in [0.1, 0.15) is 0 Å². The molecule has 0 atom stereocenters. The maximum absolute atomic E-state index is 4.85. The number of nitrogens with zero attached hydrogens (tertiary/aromatic N) is 3. The highest BCUT2D eigenvalue weighted by atomic mass is 15.0. The van der Waals surface area contributed by atoms with Crippen LogP contribution in [0.2, 0.25) is 0 Å². The monoisotopic (exact) mass is 597 g/mol. The smallest absolute Gasteiger partial charge is 0.155 e. The number of aromatic nitrogens is 3. The Bertz CT molecular complexity index is 2540. The van der Waals surface area contributed by atoms with Gasteiger partial charge in [0.05, 0.1) is 11.9 Å². The molecule has 0 spiro atoms. The van der Waals surface area contributed by atoms with E-state index in [2.05, 4.69) is 151 Å². The molecule has 7 aromatic carbocycles. The lowest BCUT2D eigenvalue weighted by atomic mass is 9.82. The fourth-order valence-corrected chi connectivity index (χ4v) is 7.69. The third-order valence-electron chi connectivity index (χ3n) is 9.65. The Hall–Kier alpha value is -6.32. The molecular weight excluding hydrogens is 571 g/mol. The molecule has 9 aromatic rings. The molecule has 0 aliphatic heterocycles. The van der Waals surface area contributed by atoms with Crippen LogP contribution in [0.25, 0.3) is 94.1 Å². The Morgan fingerprint density at radius 2 is 1.02 bits per heavy atom. The second-order valence-corrected chi connectivity index (χ2v) is 12.2. The molecule has 47 heavy (non-hydrogen) atoms. The minimum Gasteiger partial charge on any atom is -0.304 e. The third kappa shape index (κ3) is 3.87. The molecule has 0 amide bonds. The minimum absolute atomic E-state index is 0.840. The number of rotatable bonds is 4. The summed E-state index contributed by atoms with van der Waals surface area (Å²) in [7, 11) is 0. The maximum Gasteiger partial charge on any atom is 0.155 e. The van der Waals surface area contributed by atoms with Crippen molar-refractivity contribution in [2.45, 2.75) is 0 Å². The third-order valence-corrected chi connectivity index (χ3v) is 9.65. The molecular formula is C44H27N3. The van der Waals surface area contributed by atoms with Crippen molar-refractivity contribution in [2.75, 3.05) is 0 Å². The summed E-state index contributed by atoms with van der Waals surface area (Å²) < 4.78 is 2.02. The van der Waals surface area contributed by atoms with Crippen molar-refractivity contribution >= 4 is 27.2 Å². The highest BCUT2D eigenvalue weighted by molar-refractivity contribution is 6.28. The summed E-state index contributed by atoms with van der Waals surface area (Å²) in [4.78, 5) is 9.09. The molecule has 3 nitrogen and oxygen atoms in total. The number of hydrogen-bond acceptors (Lipinski definition) is 2. The van der Waals surface area contributed by atoms with Crippen molar-refractivity contribution in [2.24, 2.45) is 0 Å². The largest absolute Gasteiger partial charge is 0.304 e. The van der Waals surface area contributed by atoms with Crippen LogP contribution in [0, 0.1) is 0 Å². The molecule has 2 heterocycles. The van der Waals surface area contributed by atoms with Gasteiger partial charge >= 0.3 is 0 Å². The molecule has 0 bridgehead atoms. The summed E-state index contributed by atoms with van der Waals surface area (Å²) in [5.74, 6) is 0. The Morgan fingerprint density at radius 3 is 1.72 bits per heavy atom. The number of benzene rings is 7. The summed E-state index contributed by atoms with van der Waals surface area (Å²) in [5, 5.41) is 5.12. The Labute approximate surface area is 272 Å². The zero-order valence-corrected chi connectivity index (χ0v) is 25.4. The van der Waals surface area contributed by atoms with Gasteiger partial charge in [0.25, 0.3) is 0 Å². The van der Waals surface area contributed by atoms with Crippen molar-refractivity contribution in [1.82, 2.24) is 14.4 Å². The quantitative estimate of drug-likeness (QED) is 0.202. The Balaban J connectivity index is 1.27. The average molecular weight is 598 g/mol. The van der Waals surface area contributed by atoms with Gasteiger partial charge in [-0.25, -0.2) is 4.98 Å². The van der Waals surface area contributed by atoms with Crippen LogP contribution in [0.15, 0.2) is 164 Å². The van der Waals surface area contributed by atoms with Crippen LogP contribution in [-0.2, 0) is 0 Å². The first kappa shape index (κ1) is 26.0. The van der Waals surface area contributed by atoms with E-state index in [0.29, 0.717) is 0 Å². The minimum atomic E-state index is 0.840. The summed E-state index contributed by atoms with van der Waals surface area (Å²) >= 11 is 0. The van der Waals surface area contributed by atoms with E-state index in [9.17, 15) is 0 Å². The van der Waals surface area contributed by atoms with E-state index in [1.165, 1.54) is 77.2 Å². The van der Waals surface area contributed by atoms with Gasteiger partial charge in [0, 0.05) is 24.2 Å². The highest BCUT2D eigenvalue weighted by Crippen LogP contribution is 2.58. The Morgan fingerprint density at radius 1 is 0.447 bits per heavy atom. The molecule has 1 aliphatic rings. The van der Waals surface area contributed by atoms with E-state index in [1.54, 1.807) is 12.4 Å². The molecule has 0 saturated carbocycles. The molecule has 218 valence electrons. The first-order chi connectivity index (χ1) is 23.3. The van der Waals surface area contributed by atoms with Gasteiger partial charge in [-0.05, 0) is 83.2 Å². The van der Waals surface area contributed by atoms with Crippen LogP contribution in [0.5, 0.6) is 0 Å². The van der Waals surface area contributed by atoms with E-state index < -0.39 is 0 Å². The molecule has 3 heteroatoms. The zero-order chi connectivity index (χ0) is 30.9. The van der Waals surface area contributed by atoms with E-state index in [1.807, 2.05) is 10.6 Å². The van der Waals surface area contributed by atoms with Crippen molar-refractivity contribution in [3.05, 3.63) is 164 Å². The van der Waals surface area contributed by atoms with Crippen LogP contribution in [0.4, 0.5) is 0 Å². The predicted molar refractivity (Wildman–Crippen MR) is 194 cm³/mol. The normalized spacial score (nSPS) is 11.8. The molecule has 0 N–H and O–H groups in total. The van der Waals surface area contributed by atoms with Crippen LogP contribution >= 0.6 is 0 Å². The van der Waals surface area contributed by atoms with Gasteiger partial charge in [-0.2, -0.15) is 0 Å². The van der Waals surface area contributed by atoms with Gasteiger partial charge in [-0.15, -0.1) is 0 Å². The zero-order valence-electron chi connectivity index (χ0n) is 25.4. The van der Waals surface area contributed by atoms with Crippen molar-refractivity contribution in [1.29, 1.82) is 0 Å². The number of hydrogen-bond donors (Lipinski definition) is 0. The van der Waals surface area contributed by atoms with Gasteiger partial charge in [0.15, 0.2) is 5.65 Å². The van der Waals surface area contributed by atoms with Crippen molar-refractivity contribution < 1.29 is 0 Å². The summed E-state index contributed by atoms with van der Waals surface area (Å²) in [6, 6.07) is 51.0. The molecule has 0 unspecified atom stereocenters. The number of imidazole rings is 1. The maximum atomic E-state index is 4.85. The standard InChI is InChI=1S/C44H27N3/c1-3-11-28(12-4-1)40-34-17-7-8-18-35(34)41(29-13-5-2-6-14-29)44-37-22-21-32(33-19-10-20-36(42(33)37)43(40)44)30-15-9-16-31(25-30)38-27-47-24-23-45-26-39(47)46-38/h1-27H. The van der Waals surface area contributed by atoms with E-state index in [0.717, 1.165) is 16.9 Å². The van der Waals surface area contributed by atoms with E-state index >= 15 is 0 Å². The van der Waals surface area contributed by atoms with Crippen molar-refractivity contribution in [3.8, 4) is 66.9 Å². The molecule has 1 aliphatic carbocycles. The predicted octanol–water partition coefficient (Wildman–Crippen LogP) is 11.4. The highest BCUT2D eigenvalue weighted by Gasteiger charge is 2.31. The van der Waals surface area contributed by atoms with Crippen molar-refractivity contribution in [3.63, 3.8) is 0 Å². The molecule has 0 radical (unpaired) electrons. The fourth-order valence-electron chi connectivity index (χ4n) is 7.69. The van der Waals surface area contributed by atoms with Gasteiger partial charge in [-0.3, -0.25) is 4.98 Å². The van der Waals surface area contributed by atoms with E-state index in [4.69, 9.17) is 4.98 Å². The van der Waals surface area contributed by atoms with Crippen LogP contribution < -0.4 is 0 Å². The lowest BCUT2D eigenvalue weighted by Crippen LogP contribution is -1.93. The first-order valence-corrected chi connectivity index (χ1v) is 16.0. The van der Waals surface area contributed by atoms with Gasteiger partial charge in [-0.1, -0.05) is 133 Å². The first-order valence-electron chi connectivity index (χ1n) is 16.0. The molecule has 10 rings (SSSR count). The Kier molecular flexibility index (Phi) is 5.57. The molecule has 0 fully saturated rings. The van der Waals surface area contributed by atoms with Gasteiger partial charge in [0.2, 0.25) is 0 Å². The van der Waals surface area contributed by atoms with Crippen LogP contribution in [0.1, 0.15) is 0 Å². The lowest BCUT2D eigenvalue weighted by molar-refractivity contribution is 1.13. The SMILES string of the molecule is c1ccc(-c2c3c(c(-c4ccccc4)c4ccccc24)-c2ccc(-c4cccc(-c5cn6ccncc6n5)c4)c4cccc-3c24)cc1. The molecule has 2 aromatic heterocycles. The lowest BCUT2D eigenvalue weighted by Gasteiger charge is -2.20. The fraction of sp³-hybridized carbons (Fsp3) is 0. The van der Waals surface area contributed by atoms with Gasteiger partial charge < -0.3 is 4.40 Å². The van der Waals surface area contributed by atoms with E-state index in [-0.39, 0.29) is 0 Å². The second kappa shape index (κ2) is 10.1. The second-order valence-electron chi connectivity index (χ2n) is 12.2.